The summed E-state index contributed by atoms with van der Waals surface area (Å²) in [5.74, 6) is 0. The van der Waals surface area contributed by atoms with Crippen LogP contribution in [0.5, 0.6) is 0 Å². The highest BCUT2D eigenvalue weighted by Gasteiger charge is 2.48. The number of hydrogen-bond donors (Lipinski definition) is 0. The Bertz CT molecular complexity index is 1230. The van der Waals surface area contributed by atoms with Crippen LogP contribution in [-0.4, -0.2) is 49.4 Å². The van der Waals surface area contributed by atoms with E-state index in [-0.39, 0.29) is 28.4 Å². The molecular weight excluding hydrogens is 600 g/mol. The second kappa shape index (κ2) is 13.4. The van der Waals surface area contributed by atoms with Crippen molar-refractivity contribution in [1.29, 1.82) is 0 Å². The molecule has 0 N–H and O–H groups in total. The van der Waals surface area contributed by atoms with Gasteiger partial charge in [-0.05, 0) is 68.7 Å². The van der Waals surface area contributed by atoms with E-state index < -0.39 is 32.1 Å². The van der Waals surface area contributed by atoms with E-state index in [1.807, 2.05) is 60.7 Å². The van der Waals surface area contributed by atoms with E-state index in [0.717, 1.165) is 23.5 Å². The summed E-state index contributed by atoms with van der Waals surface area (Å²) < 4.78 is 36.3. The highest BCUT2D eigenvalue weighted by atomic mass is 31.2. The predicted molar refractivity (Wildman–Crippen MR) is 194 cm³/mol. The standard InChI is InChI=1S/C35H59O4PSi3/c1-34(2,3)42(10,11)37-31-26-28(27-32(33(31)39-41(7,8)9)38-43(12,13)35(4,5)6)24-25-40(36,29-20-16-14-17-21-29)30-22-18-15-19-23-30/h14-23,26,31-33H,24-25,27H2,1-13H3. The molecule has 0 amide bonds. The van der Waals surface area contributed by atoms with Crippen molar-refractivity contribution < 1.29 is 17.8 Å². The van der Waals surface area contributed by atoms with Gasteiger partial charge in [-0.25, -0.2) is 0 Å². The van der Waals surface area contributed by atoms with Crippen LogP contribution >= 0.6 is 7.14 Å². The summed E-state index contributed by atoms with van der Waals surface area (Å²) >= 11 is 0. The maximum absolute atomic E-state index is 14.9. The van der Waals surface area contributed by atoms with Gasteiger partial charge in [-0.2, -0.15) is 0 Å². The monoisotopic (exact) mass is 658 g/mol. The fourth-order valence-corrected chi connectivity index (χ4v) is 11.4. The molecule has 43 heavy (non-hydrogen) atoms. The highest BCUT2D eigenvalue weighted by molar-refractivity contribution is 7.78. The topological polar surface area (TPSA) is 44.8 Å². The van der Waals surface area contributed by atoms with Crippen LogP contribution < -0.4 is 10.6 Å². The SMILES string of the molecule is CC(C)(C)[Si](C)(C)OC1C=C(CCP(=O)(c2ccccc2)c2ccccc2)CC(O[Si](C)(C)C(C)(C)C)C1O[Si](C)(C)C. The molecule has 0 radical (unpaired) electrons. The maximum atomic E-state index is 14.9. The van der Waals surface area contributed by atoms with Gasteiger partial charge in [-0.15, -0.1) is 0 Å². The van der Waals surface area contributed by atoms with Gasteiger partial charge in [-0.3, -0.25) is 0 Å². The fourth-order valence-electron chi connectivity index (χ4n) is 5.05. The zero-order valence-electron chi connectivity index (χ0n) is 29.3. The molecule has 0 aliphatic heterocycles. The Morgan fingerprint density at radius 2 is 1.14 bits per heavy atom. The molecule has 3 rings (SSSR count). The van der Waals surface area contributed by atoms with E-state index >= 15 is 0 Å². The summed E-state index contributed by atoms with van der Waals surface area (Å²) in [6.07, 6.45) is 3.96. The first kappa shape index (κ1) is 36.4. The third kappa shape index (κ3) is 9.25. The first-order valence-electron chi connectivity index (χ1n) is 16.0. The van der Waals surface area contributed by atoms with Crippen LogP contribution in [0.15, 0.2) is 72.3 Å². The van der Waals surface area contributed by atoms with Crippen LogP contribution in [0, 0.1) is 0 Å². The molecule has 0 saturated carbocycles. The summed E-state index contributed by atoms with van der Waals surface area (Å²) in [6, 6.07) is 20.1. The van der Waals surface area contributed by atoms with Crippen molar-refractivity contribution in [3.63, 3.8) is 0 Å². The zero-order valence-corrected chi connectivity index (χ0v) is 33.2. The van der Waals surface area contributed by atoms with Gasteiger partial charge >= 0.3 is 0 Å². The molecule has 2 aromatic rings. The Morgan fingerprint density at radius 1 is 0.698 bits per heavy atom. The van der Waals surface area contributed by atoms with E-state index in [1.54, 1.807) is 0 Å². The third-order valence-corrected chi connectivity index (χ3v) is 22.7. The molecule has 0 bridgehead atoms. The summed E-state index contributed by atoms with van der Waals surface area (Å²) in [5.41, 5.74) is 1.27. The average molecular weight is 659 g/mol. The first-order valence-corrected chi connectivity index (χ1v) is 27.1. The van der Waals surface area contributed by atoms with Crippen LogP contribution in [-0.2, 0) is 17.8 Å². The molecule has 0 fully saturated rings. The summed E-state index contributed by atoms with van der Waals surface area (Å²) in [4.78, 5) is 0. The minimum absolute atomic E-state index is 0.0638. The van der Waals surface area contributed by atoms with Crippen molar-refractivity contribution in [3.8, 4) is 0 Å². The Kier molecular flexibility index (Phi) is 11.3. The molecule has 0 heterocycles. The molecular formula is C35H59O4PSi3. The van der Waals surface area contributed by atoms with Gasteiger partial charge < -0.3 is 17.8 Å². The molecule has 3 unspecified atom stereocenters. The molecule has 0 spiro atoms. The van der Waals surface area contributed by atoms with Gasteiger partial charge in [0.25, 0.3) is 0 Å². The zero-order chi connectivity index (χ0) is 32.5. The number of hydrogen-bond acceptors (Lipinski definition) is 4. The lowest BCUT2D eigenvalue weighted by molar-refractivity contribution is -0.0265. The number of rotatable bonds is 11. The maximum Gasteiger partial charge on any atom is 0.193 e. The Hall–Kier alpha value is -1.06. The Morgan fingerprint density at radius 3 is 1.56 bits per heavy atom. The molecule has 2 aromatic carbocycles. The van der Waals surface area contributed by atoms with E-state index in [4.69, 9.17) is 13.3 Å². The van der Waals surface area contributed by atoms with Crippen LogP contribution in [0.3, 0.4) is 0 Å². The van der Waals surface area contributed by atoms with Crippen LogP contribution in [0.4, 0.5) is 0 Å². The first-order chi connectivity index (χ1) is 19.6. The van der Waals surface area contributed by atoms with Gasteiger partial charge in [-0.1, -0.05) is 114 Å². The van der Waals surface area contributed by atoms with Crippen molar-refractivity contribution in [2.24, 2.45) is 0 Å². The lowest BCUT2D eigenvalue weighted by atomic mass is 9.91. The summed E-state index contributed by atoms with van der Waals surface area (Å²) in [7, 11) is -9.03. The summed E-state index contributed by atoms with van der Waals surface area (Å²) in [6.45, 7) is 29.9. The van der Waals surface area contributed by atoms with Crippen LogP contribution in [0.25, 0.3) is 0 Å². The van der Waals surface area contributed by atoms with E-state index in [2.05, 4.69) is 93.4 Å². The van der Waals surface area contributed by atoms with Crippen molar-refractivity contribution >= 4 is 42.7 Å². The largest absolute Gasteiger partial charge is 0.411 e. The smallest absolute Gasteiger partial charge is 0.193 e. The van der Waals surface area contributed by atoms with Gasteiger partial charge in [0.2, 0.25) is 0 Å². The molecule has 8 heteroatoms. The van der Waals surface area contributed by atoms with Crippen molar-refractivity contribution in [2.45, 2.75) is 129 Å². The molecule has 3 atom stereocenters. The molecule has 4 nitrogen and oxygen atoms in total. The van der Waals surface area contributed by atoms with Crippen LogP contribution in [0.1, 0.15) is 54.4 Å². The molecule has 1 aliphatic carbocycles. The van der Waals surface area contributed by atoms with E-state index in [9.17, 15) is 4.57 Å². The molecule has 0 aromatic heterocycles. The Labute approximate surface area is 266 Å². The second-order valence-corrected chi connectivity index (χ2v) is 33.3. The van der Waals surface area contributed by atoms with Gasteiger partial charge in [0, 0.05) is 16.8 Å². The number of benzene rings is 2. The molecule has 240 valence electrons. The van der Waals surface area contributed by atoms with Crippen LogP contribution in [0.2, 0.25) is 55.9 Å². The minimum atomic E-state index is -2.84. The van der Waals surface area contributed by atoms with Crippen molar-refractivity contribution in [1.82, 2.24) is 0 Å². The molecule has 0 saturated heterocycles. The average Bonchev–Trinajstić information content (AvgIpc) is 2.88. The predicted octanol–water partition coefficient (Wildman–Crippen LogP) is 9.72. The molecule has 1 aliphatic rings. The Balaban J connectivity index is 2.08. The van der Waals surface area contributed by atoms with Gasteiger partial charge in [0.1, 0.15) is 7.14 Å². The second-order valence-electron chi connectivity index (χ2n) is 16.4. The van der Waals surface area contributed by atoms with Gasteiger partial charge in [0.15, 0.2) is 25.0 Å². The minimum Gasteiger partial charge on any atom is -0.411 e. The lowest BCUT2D eigenvalue weighted by Gasteiger charge is -2.48. The summed E-state index contributed by atoms with van der Waals surface area (Å²) in [5, 5.41) is 1.97. The lowest BCUT2D eigenvalue weighted by Crippen LogP contribution is -2.57. The fraction of sp³-hybridized carbons (Fsp3) is 0.600. The van der Waals surface area contributed by atoms with E-state index in [1.165, 1.54) is 5.57 Å². The van der Waals surface area contributed by atoms with Crippen molar-refractivity contribution in [2.75, 3.05) is 6.16 Å². The third-order valence-electron chi connectivity index (χ3n) is 9.63. The van der Waals surface area contributed by atoms with E-state index in [0.29, 0.717) is 6.16 Å². The highest BCUT2D eigenvalue weighted by Crippen LogP contribution is 2.47. The van der Waals surface area contributed by atoms with Gasteiger partial charge in [0.05, 0.1) is 18.3 Å². The quantitative estimate of drug-likeness (QED) is 0.137. The normalized spacial score (nSPS) is 21.0. The van der Waals surface area contributed by atoms with Crippen molar-refractivity contribution in [3.05, 3.63) is 72.3 Å².